The lowest BCUT2D eigenvalue weighted by Gasteiger charge is -2.13. The molecule has 2 fully saturated rings. The molecule has 182 valence electrons. The second-order valence-corrected chi connectivity index (χ2v) is 11.2. The monoisotopic (exact) mass is 501 g/mol. The van der Waals surface area contributed by atoms with Crippen LogP contribution in [0, 0.1) is 5.92 Å². The Morgan fingerprint density at radius 1 is 1.09 bits per heavy atom. The molecule has 0 atom stereocenters. The summed E-state index contributed by atoms with van der Waals surface area (Å²) in [5.41, 5.74) is 0.559. The van der Waals surface area contributed by atoms with E-state index in [4.69, 9.17) is 0 Å². The van der Waals surface area contributed by atoms with Crippen LogP contribution in [0.1, 0.15) is 44.3 Å². The predicted molar refractivity (Wildman–Crippen MR) is 119 cm³/mol. The van der Waals surface area contributed by atoms with Gasteiger partial charge in [0.2, 0.25) is 0 Å². The number of alkyl halides is 2. The van der Waals surface area contributed by atoms with Crippen LogP contribution in [0.4, 0.5) is 8.78 Å². The standard InChI is InChI=1S/C21H21F2N9O2S/c1-3-35(33,34)15-8-11(18-28-29-30-32(18)13-6-7-13)10-24-17(15)20-25-14-9-16(21(22,23)12-4-5-12)26-27-19(14)31(20)2/h8-10,12-13H,3-7H2,1-2H3. The molecule has 0 unspecified atom stereocenters. The highest BCUT2D eigenvalue weighted by atomic mass is 32.2. The fourth-order valence-corrected chi connectivity index (χ4v) is 5.15. The maximum Gasteiger partial charge on any atom is 0.294 e. The van der Waals surface area contributed by atoms with Gasteiger partial charge in [0.05, 0.1) is 16.7 Å². The molecule has 0 amide bonds. The Hall–Kier alpha value is -3.42. The Bertz CT molecular complexity index is 1570. The largest absolute Gasteiger partial charge is 0.309 e. The van der Waals surface area contributed by atoms with Crippen molar-refractivity contribution in [3.8, 4) is 22.9 Å². The van der Waals surface area contributed by atoms with Crippen LogP contribution >= 0.6 is 0 Å². The topological polar surface area (TPSA) is 134 Å². The molecule has 0 aromatic carbocycles. The van der Waals surface area contributed by atoms with E-state index in [2.05, 4.69) is 35.7 Å². The first-order chi connectivity index (χ1) is 16.7. The number of imidazole rings is 1. The van der Waals surface area contributed by atoms with Gasteiger partial charge in [-0.15, -0.1) is 15.3 Å². The normalized spacial score (nSPS) is 16.8. The van der Waals surface area contributed by atoms with E-state index in [0.29, 0.717) is 24.2 Å². The average Bonchev–Trinajstić information content (AvgIpc) is 3.79. The summed E-state index contributed by atoms with van der Waals surface area (Å²) in [4.78, 5) is 8.84. The quantitative estimate of drug-likeness (QED) is 0.375. The predicted octanol–water partition coefficient (Wildman–Crippen LogP) is 2.71. The van der Waals surface area contributed by atoms with Crippen LogP contribution in [0.2, 0.25) is 0 Å². The number of hydrogen-bond acceptors (Lipinski definition) is 9. The first kappa shape index (κ1) is 22.1. The van der Waals surface area contributed by atoms with E-state index in [0.717, 1.165) is 12.8 Å². The first-order valence-electron chi connectivity index (χ1n) is 11.3. The Balaban J connectivity index is 1.50. The van der Waals surface area contributed by atoms with Crippen molar-refractivity contribution < 1.29 is 17.2 Å². The van der Waals surface area contributed by atoms with Crippen LogP contribution in [0.3, 0.4) is 0 Å². The second-order valence-electron chi connectivity index (χ2n) is 8.98. The van der Waals surface area contributed by atoms with Crippen molar-refractivity contribution in [3.05, 3.63) is 24.0 Å². The minimum atomic E-state index is -3.75. The maximum absolute atomic E-state index is 14.6. The zero-order valence-electron chi connectivity index (χ0n) is 18.9. The Kier molecular flexibility index (Phi) is 4.75. The van der Waals surface area contributed by atoms with Crippen molar-refractivity contribution in [2.45, 2.75) is 49.5 Å². The Labute approximate surface area is 198 Å². The van der Waals surface area contributed by atoms with E-state index in [-0.39, 0.29) is 39.4 Å². The molecule has 11 nitrogen and oxygen atoms in total. The van der Waals surface area contributed by atoms with Crippen LogP contribution in [0.5, 0.6) is 0 Å². The number of halogens is 2. The molecule has 0 radical (unpaired) electrons. The average molecular weight is 502 g/mol. The van der Waals surface area contributed by atoms with Crippen molar-refractivity contribution in [3.63, 3.8) is 0 Å². The molecule has 0 saturated heterocycles. The summed E-state index contributed by atoms with van der Waals surface area (Å²) >= 11 is 0. The van der Waals surface area contributed by atoms with Gasteiger partial charge in [-0.2, -0.15) is 8.78 Å². The minimum Gasteiger partial charge on any atom is -0.309 e. The van der Waals surface area contributed by atoms with Gasteiger partial charge in [0, 0.05) is 24.7 Å². The highest BCUT2D eigenvalue weighted by Crippen LogP contribution is 2.49. The summed E-state index contributed by atoms with van der Waals surface area (Å²) in [5, 5.41) is 19.5. The second kappa shape index (κ2) is 7.54. The summed E-state index contributed by atoms with van der Waals surface area (Å²) in [7, 11) is -2.13. The zero-order valence-corrected chi connectivity index (χ0v) is 19.7. The number of aryl methyl sites for hydroxylation is 1. The molecule has 0 spiro atoms. The summed E-state index contributed by atoms with van der Waals surface area (Å²) in [6.45, 7) is 1.53. The van der Waals surface area contributed by atoms with Gasteiger partial charge in [-0.3, -0.25) is 4.98 Å². The molecule has 4 aromatic heterocycles. The molecule has 35 heavy (non-hydrogen) atoms. The van der Waals surface area contributed by atoms with Gasteiger partial charge in [0.25, 0.3) is 5.92 Å². The lowest BCUT2D eigenvalue weighted by Crippen LogP contribution is -2.18. The highest BCUT2D eigenvalue weighted by Gasteiger charge is 2.49. The van der Waals surface area contributed by atoms with Gasteiger partial charge in [0.15, 0.2) is 27.1 Å². The van der Waals surface area contributed by atoms with Gasteiger partial charge >= 0.3 is 0 Å². The van der Waals surface area contributed by atoms with Crippen LogP contribution in [0.15, 0.2) is 23.2 Å². The van der Waals surface area contributed by atoms with Crippen molar-refractivity contribution in [1.82, 2.24) is 44.9 Å². The Morgan fingerprint density at radius 2 is 1.86 bits per heavy atom. The lowest BCUT2D eigenvalue weighted by molar-refractivity contribution is -0.0335. The van der Waals surface area contributed by atoms with Crippen LogP contribution < -0.4 is 0 Å². The molecule has 2 aliphatic carbocycles. The number of fused-ring (bicyclic) bond motifs is 1. The summed E-state index contributed by atoms with van der Waals surface area (Å²) in [5.74, 6) is -3.37. The van der Waals surface area contributed by atoms with E-state index in [1.165, 1.54) is 29.8 Å². The third-order valence-electron chi connectivity index (χ3n) is 6.47. The zero-order chi connectivity index (χ0) is 24.5. The third-order valence-corrected chi connectivity index (χ3v) is 8.21. The molecule has 0 N–H and O–H groups in total. The Morgan fingerprint density at radius 3 is 2.54 bits per heavy atom. The fraction of sp³-hybridized carbons (Fsp3) is 0.476. The van der Waals surface area contributed by atoms with Crippen LogP contribution in [-0.4, -0.2) is 59.1 Å². The fourth-order valence-electron chi connectivity index (χ4n) is 4.09. The maximum atomic E-state index is 14.6. The van der Waals surface area contributed by atoms with Gasteiger partial charge in [0.1, 0.15) is 16.9 Å². The molecular formula is C21H21F2N9O2S. The van der Waals surface area contributed by atoms with Gasteiger partial charge in [-0.1, -0.05) is 6.92 Å². The molecule has 0 bridgehead atoms. The van der Waals surface area contributed by atoms with Crippen LogP contribution in [0.25, 0.3) is 34.1 Å². The first-order valence-corrected chi connectivity index (χ1v) is 13.0. The number of nitrogens with zero attached hydrogens (tertiary/aromatic N) is 9. The molecule has 2 saturated carbocycles. The number of hydrogen-bond donors (Lipinski definition) is 0. The number of sulfone groups is 1. The van der Waals surface area contributed by atoms with Gasteiger partial charge in [-0.25, -0.2) is 18.1 Å². The van der Waals surface area contributed by atoms with Crippen molar-refractivity contribution in [1.29, 1.82) is 0 Å². The number of tetrazole rings is 1. The number of pyridine rings is 1. The molecule has 4 heterocycles. The van der Waals surface area contributed by atoms with Crippen molar-refractivity contribution in [2.75, 3.05) is 5.75 Å². The van der Waals surface area contributed by atoms with Gasteiger partial charge in [-0.05, 0) is 48.2 Å². The van der Waals surface area contributed by atoms with E-state index in [1.54, 1.807) is 11.7 Å². The molecule has 2 aliphatic rings. The third kappa shape index (κ3) is 3.58. The van der Waals surface area contributed by atoms with E-state index in [1.807, 2.05) is 0 Å². The lowest BCUT2D eigenvalue weighted by atomic mass is 10.1. The van der Waals surface area contributed by atoms with Gasteiger partial charge < -0.3 is 4.57 Å². The molecule has 6 rings (SSSR count). The molecule has 0 aliphatic heterocycles. The van der Waals surface area contributed by atoms with E-state index >= 15 is 0 Å². The molecular weight excluding hydrogens is 480 g/mol. The minimum absolute atomic E-state index is 0.0438. The number of rotatable bonds is 7. The van der Waals surface area contributed by atoms with E-state index in [9.17, 15) is 17.2 Å². The van der Waals surface area contributed by atoms with Crippen LogP contribution in [-0.2, 0) is 22.8 Å². The van der Waals surface area contributed by atoms with Crippen molar-refractivity contribution >= 4 is 21.0 Å². The summed E-state index contributed by atoms with van der Waals surface area (Å²) in [6.07, 6.45) is 4.28. The van der Waals surface area contributed by atoms with E-state index < -0.39 is 27.4 Å². The highest BCUT2D eigenvalue weighted by molar-refractivity contribution is 7.91. The van der Waals surface area contributed by atoms with Crippen molar-refractivity contribution in [2.24, 2.45) is 13.0 Å². The molecule has 4 aromatic rings. The molecule has 14 heteroatoms. The SMILES string of the molecule is CCS(=O)(=O)c1cc(-c2nnnn2C2CC2)cnc1-c1nc2cc(C(F)(F)C3CC3)nnc2n1C. The number of aromatic nitrogens is 9. The summed E-state index contributed by atoms with van der Waals surface area (Å²) in [6, 6.07) is 2.90. The summed E-state index contributed by atoms with van der Waals surface area (Å²) < 4.78 is 58.5. The smallest absolute Gasteiger partial charge is 0.294 e.